The molecule has 0 amide bonds. The van der Waals surface area contributed by atoms with E-state index in [1.807, 2.05) is 6.92 Å². The first-order valence-electron chi connectivity index (χ1n) is 4.92. The lowest BCUT2D eigenvalue weighted by molar-refractivity contribution is 0.0693. The minimum atomic E-state index is -1.21. The maximum Gasteiger partial charge on any atom is 0.341 e. The van der Waals surface area contributed by atoms with Crippen LogP contribution < -0.4 is 5.43 Å². The van der Waals surface area contributed by atoms with Gasteiger partial charge in [-0.05, 0) is 13.8 Å². The number of aromatic nitrogens is 1. The Morgan fingerprint density at radius 1 is 1.62 bits per heavy atom. The molecular weight excluding hydrogens is 210 g/mol. The number of pyridine rings is 1. The number of ether oxygens (including phenoxy) is 1. The molecular formula is C11H15NO4. The van der Waals surface area contributed by atoms with Gasteiger partial charge in [-0.15, -0.1) is 0 Å². The molecule has 0 aromatic carbocycles. The number of nitrogens with zero attached hydrogens (tertiary/aromatic N) is 1. The number of rotatable bonds is 4. The van der Waals surface area contributed by atoms with Crippen LogP contribution in [0.25, 0.3) is 0 Å². The van der Waals surface area contributed by atoms with Crippen LogP contribution in [0.4, 0.5) is 0 Å². The van der Waals surface area contributed by atoms with E-state index in [4.69, 9.17) is 9.84 Å². The van der Waals surface area contributed by atoms with Gasteiger partial charge in [-0.1, -0.05) is 0 Å². The monoisotopic (exact) mass is 225 g/mol. The Labute approximate surface area is 93.3 Å². The van der Waals surface area contributed by atoms with Crippen LogP contribution in [0.3, 0.4) is 0 Å². The maximum absolute atomic E-state index is 11.4. The quantitative estimate of drug-likeness (QED) is 0.832. The Morgan fingerprint density at radius 2 is 2.25 bits per heavy atom. The van der Waals surface area contributed by atoms with E-state index in [1.54, 1.807) is 18.6 Å². The van der Waals surface area contributed by atoms with Crippen molar-refractivity contribution in [1.29, 1.82) is 0 Å². The summed E-state index contributed by atoms with van der Waals surface area (Å²) in [6.45, 7) is 4.12. The van der Waals surface area contributed by atoms with Gasteiger partial charge in [0, 0.05) is 25.1 Å². The number of hydrogen-bond acceptors (Lipinski definition) is 3. The molecule has 5 heteroatoms. The minimum Gasteiger partial charge on any atom is -0.477 e. The Hall–Kier alpha value is -1.62. The number of carboxylic acids is 1. The molecule has 0 aliphatic carbocycles. The zero-order valence-corrected chi connectivity index (χ0v) is 9.56. The predicted molar refractivity (Wildman–Crippen MR) is 59.0 cm³/mol. The summed E-state index contributed by atoms with van der Waals surface area (Å²) in [5.74, 6) is -1.21. The van der Waals surface area contributed by atoms with Crippen molar-refractivity contribution >= 4 is 5.97 Å². The molecule has 0 fully saturated rings. The molecule has 0 aliphatic rings. The number of aromatic carboxylic acids is 1. The van der Waals surface area contributed by atoms with Gasteiger partial charge < -0.3 is 14.4 Å². The van der Waals surface area contributed by atoms with Crippen LogP contribution in [0.15, 0.2) is 17.1 Å². The molecule has 16 heavy (non-hydrogen) atoms. The molecule has 1 atom stereocenters. The number of carbonyl (C=O) groups is 1. The smallest absolute Gasteiger partial charge is 0.341 e. The highest BCUT2D eigenvalue weighted by molar-refractivity contribution is 5.87. The molecule has 0 spiro atoms. The van der Waals surface area contributed by atoms with Gasteiger partial charge in [-0.2, -0.15) is 0 Å². The van der Waals surface area contributed by atoms with E-state index in [0.717, 1.165) is 5.69 Å². The standard InChI is InChI=1S/C11H15NO4/c1-7-4-10(13)9(11(14)15)5-12(7)8(2)6-16-3/h4-5,8H,6H2,1-3H3,(H,14,15). The normalized spacial score (nSPS) is 12.4. The second-order valence-corrected chi connectivity index (χ2v) is 3.71. The third kappa shape index (κ3) is 2.49. The zero-order chi connectivity index (χ0) is 12.3. The second-order valence-electron chi connectivity index (χ2n) is 3.71. The van der Waals surface area contributed by atoms with E-state index in [1.165, 1.54) is 12.3 Å². The van der Waals surface area contributed by atoms with Crippen LogP contribution in [0.2, 0.25) is 0 Å². The summed E-state index contributed by atoms with van der Waals surface area (Å²) in [5, 5.41) is 8.85. The fraction of sp³-hybridized carbons (Fsp3) is 0.455. The minimum absolute atomic E-state index is 0.0105. The largest absolute Gasteiger partial charge is 0.477 e. The van der Waals surface area contributed by atoms with Crippen molar-refractivity contribution in [2.24, 2.45) is 0 Å². The molecule has 0 aliphatic heterocycles. The molecule has 0 radical (unpaired) electrons. The van der Waals surface area contributed by atoms with Crippen LogP contribution >= 0.6 is 0 Å². The lowest BCUT2D eigenvalue weighted by Gasteiger charge is -2.18. The van der Waals surface area contributed by atoms with E-state index in [0.29, 0.717) is 6.61 Å². The van der Waals surface area contributed by atoms with Crippen molar-refractivity contribution in [3.05, 3.63) is 33.7 Å². The van der Waals surface area contributed by atoms with Crippen LogP contribution in [-0.4, -0.2) is 29.4 Å². The summed E-state index contributed by atoms with van der Waals surface area (Å²) < 4.78 is 6.73. The predicted octanol–water partition coefficient (Wildman–Crippen LogP) is 1.06. The van der Waals surface area contributed by atoms with Crippen molar-refractivity contribution in [3.8, 4) is 0 Å². The molecule has 0 saturated heterocycles. The molecule has 88 valence electrons. The van der Waals surface area contributed by atoms with Gasteiger partial charge in [-0.3, -0.25) is 4.79 Å². The van der Waals surface area contributed by atoms with Crippen molar-refractivity contribution < 1.29 is 14.6 Å². The Kier molecular flexibility index (Phi) is 3.84. The highest BCUT2D eigenvalue weighted by Crippen LogP contribution is 2.09. The third-order valence-electron chi connectivity index (χ3n) is 2.39. The van der Waals surface area contributed by atoms with Gasteiger partial charge in [0.05, 0.1) is 12.6 Å². The molecule has 0 saturated carbocycles. The number of aryl methyl sites for hydroxylation is 1. The lowest BCUT2D eigenvalue weighted by atomic mass is 10.2. The first kappa shape index (κ1) is 12.4. The van der Waals surface area contributed by atoms with E-state index in [-0.39, 0.29) is 11.6 Å². The zero-order valence-electron chi connectivity index (χ0n) is 9.56. The fourth-order valence-corrected chi connectivity index (χ4v) is 1.60. The van der Waals surface area contributed by atoms with E-state index in [2.05, 4.69) is 0 Å². The summed E-state index contributed by atoms with van der Waals surface area (Å²) in [7, 11) is 1.58. The van der Waals surface area contributed by atoms with Gasteiger partial charge in [0.25, 0.3) is 0 Å². The highest BCUT2D eigenvalue weighted by atomic mass is 16.5. The Bertz CT molecular complexity index is 450. The molecule has 1 aromatic rings. The maximum atomic E-state index is 11.4. The van der Waals surface area contributed by atoms with Gasteiger partial charge in [-0.25, -0.2) is 4.79 Å². The number of methoxy groups -OCH3 is 1. The van der Waals surface area contributed by atoms with Crippen molar-refractivity contribution in [1.82, 2.24) is 4.57 Å². The highest BCUT2D eigenvalue weighted by Gasteiger charge is 2.13. The van der Waals surface area contributed by atoms with Gasteiger partial charge >= 0.3 is 5.97 Å². The first-order valence-corrected chi connectivity index (χ1v) is 4.92. The number of hydrogen-bond donors (Lipinski definition) is 1. The molecule has 0 bridgehead atoms. The topological polar surface area (TPSA) is 68.5 Å². The second kappa shape index (κ2) is 4.94. The van der Waals surface area contributed by atoms with Crippen LogP contribution in [0.1, 0.15) is 29.0 Å². The summed E-state index contributed by atoms with van der Waals surface area (Å²) in [4.78, 5) is 22.2. The van der Waals surface area contributed by atoms with E-state index >= 15 is 0 Å². The van der Waals surface area contributed by atoms with Crippen LogP contribution in [-0.2, 0) is 4.74 Å². The SMILES string of the molecule is COCC(C)n1cc(C(=O)O)c(=O)cc1C. The lowest BCUT2D eigenvalue weighted by Crippen LogP contribution is -2.22. The van der Waals surface area contributed by atoms with E-state index < -0.39 is 11.4 Å². The van der Waals surface area contributed by atoms with Crippen molar-refractivity contribution in [2.45, 2.75) is 19.9 Å². The average Bonchev–Trinajstić information content (AvgIpc) is 2.17. The fourth-order valence-electron chi connectivity index (χ4n) is 1.60. The summed E-state index contributed by atoms with van der Waals surface area (Å²) in [6.07, 6.45) is 1.36. The van der Waals surface area contributed by atoms with E-state index in [9.17, 15) is 9.59 Å². The molecule has 1 N–H and O–H groups in total. The first-order chi connectivity index (χ1) is 7.47. The summed E-state index contributed by atoms with van der Waals surface area (Å²) in [6, 6.07) is 1.32. The average molecular weight is 225 g/mol. The third-order valence-corrected chi connectivity index (χ3v) is 2.39. The summed E-state index contributed by atoms with van der Waals surface area (Å²) in [5.41, 5.74) is 0.0407. The Morgan fingerprint density at radius 3 is 2.75 bits per heavy atom. The summed E-state index contributed by atoms with van der Waals surface area (Å²) >= 11 is 0. The van der Waals surface area contributed by atoms with Crippen molar-refractivity contribution in [3.63, 3.8) is 0 Å². The molecule has 1 aromatic heterocycles. The van der Waals surface area contributed by atoms with Crippen molar-refractivity contribution in [2.75, 3.05) is 13.7 Å². The molecule has 1 unspecified atom stereocenters. The Balaban J connectivity index is 3.24. The van der Waals surface area contributed by atoms with Crippen LogP contribution in [0.5, 0.6) is 0 Å². The van der Waals surface area contributed by atoms with Crippen LogP contribution in [0, 0.1) is 6.92 Å². The van der Waals surface area contributed by atoms with Gasteiger partial charge in [0.1, 0.15) is 5.56 Å². The molecule has 1 rings (SSSR count). The molecule has 1 heterocycles. The molecule has 5 nitrogen and oxygen atoms in total. The number of carboxylic acid groups (broad SMARTS) is 1. The van der Waals surface area contributed by atoms with Gasteiger partial charge in [0.2, 0.25) is 0 Å². The van der Waals surface area contributed by atoms with Gasteiger partial charge in [0.15, 0.2) is 5.43 Å².